The summed E-state index contributed by atoms with van der Waals surface area (Å²) in [5.74, 6) is 0. The van der Waals surface area contributed by atoms with Crippen molar-refractivity contribution in [1.29, 1.82) is 5.26 Å². The number of rotatable bonds is 2. The van der Waals surface area contributed by atoms with Crippen LogP contribution < -0.4 is 0 Å². The van der Waals surface area contributed by atoms with Crippen LogP contribution in [0, 0.1) is 11.5 Å². The van der Waals surface area contributed by atoms with Gasteiger partial charge in [-0.2, -0.15) is 5.26 Å². The van der Waals surface area contributed by atoms with Crippen LogP contribution in [0.25, 0.3) is 11.1 Å². The second-order valence-electron chi connectivity index (χ2n) is 5.16. The number of benzene rings is 2. The molecule has 0 bridgehead atoms. The molecule has 0 unspecified atom stereocenters. The fraction of sp³-hybridized carbons (Fsp3) is 0.235. The summed E-state index contributed by atoms with van der Waals surface area (Å²) in [7, 11) is 0. The van der Waals surface area contributed by atoms with Crippen molar-refractivity contribution in [1.82, 2.24) is 4.90 Å². The van der Waals surface area contributed by atoms with Gasteiger partial charge in [-0.25, -0.2) is 0 Å². The van der Waals surface area contributed by atoms with Crippen LogP contribution in [0.15, 0.2) is 42.5 Å². The van der Waals surface area contributed by atoms with Crippen molar-refractivity contribution < 1.29 is 5.11 Å². The van der Waals surface area contributed by atoms with Gasteiger partial charge in [-0.1, -0.05) is 42.5 Å². The third-order valence-corrected chi connectivity index (χ3v) is 3.83. The largest absolute Gasteiger partial charge is 0.389 e. The zero-order valence-electron chi connectivity index (χ0n) is 11.4. The average Bonchev–Trinajstić information content (AvgIpc) is 2.90. The number of aliphatic hydroxyl groups excluding tert-OH is 1. The molecule has 1 heterocycles. The molecule has 20 heavy (non-hydrogen) atoms. The molecule has 0 saturated heterocycles. The fourth-order valence-corrected chi connectivity index (χ4v) is 2.85. The number of hydrogen-bond acceptors (Lipinski definition) is 3. The third-order valence-electron chi connectivity index (χ3n) is 3.83. The maximum absolute atomic E-state index is 9.95. The molecule has 0 fully saturated rings. The van der Waals surface area contributed by atoms with Gasteiger partial charge in [0.15, 0.2) is 6.19 Å². The third kappa shape index (κ3) is 2.04. The van der Waals surface area contributed by atoms with E-state index in [2.05, 4.69) is 18.3 Å². The number of nitriles is 1. The molecule has 100 valence electrons. The maximum atomic E-state index is 9.95. The first kappa shape index (κ1) is 12.7. The van der Waals surface area contributed by atoms with E-state index in [-0.39, 0.29) is 0 Å². The van der Waals surface area contributed by atoms with Crippen LogP contribution in [-0.4, -0.2) is 10.0 Å². The lowest BCUT2D eigenvalue weighted by atomic mass is 9.92. The van der Waals surface area contributed by atoms with Gasteiger partial charge >= 0.3 is 0 Å². The Kier molecular flexibility index (Phi) is 3.17. The van der Waals surface area contributed by atoms with Crippen LogP contribution in [0.1, 0.15) is 29.7 Å². The minimum Gasteiger partial charge on any atom is -0.389 e. The van der Waals surface area contributed by atoms with Crippen molar-refractivity contribution in [3.05, 3.63) is 59.2 Å². The quantitative estimate of drug-likeness (QED) is 0.847. The van der Waals surface area contributed by atoms with Crippen LogP contribution in [0.5, 0.6) is 0 Å². The minimum absolute atomic E-state index is 0.504. The smallest absolute Gasteiger partial charge is 0.179 e. The van der Waals surface area contributed by atoms with Gasteiger partial charge in [0, 0.05) is 0 Å². The summed E-state index contributed by atoms with van der Waals surface area (Å²) in [6, 6.07) is 14.1. The molecule has 3 rings (SSSR count). The van der Waals surface area contributed by atoms with Crippen molar-refractivity contribution in [3.8, 4) is 17.3 Å². The van der Waals surface area contributed by atoms with Crippen LogP contribution in [-0.2, 0) is 13.1 Å². The van der Waals surface area contributed by atoms with E-state index in [9.17, 15) is 5.11 Å². The number of aliphatic hydroxyl groups is 1. The van der Waals surface area contributed by atoms with Gasteiger partial charge in [-0.15, -0.1) is 0 Å². The van der Waals surface area contributed by atoms with E-state index in [0.29, 0.717) is 13.1 Å². The summed E-state index contributed by atoms with van der Waals surface area (Å²) in [5.41, 5.74) is 5.50. The molecule has 2 aromatic rings. The first-order valence-corrected chi connectivity index (χ1v) is 6.73. The monoisotopic (exact) mass is 264 g/mol. The first-order valence-electron chi connectivity index (χ1n) is 6.73. The Hall–Kier alpha value is -2.31. The molecule has 0 radical (unpaired) electrons. The molecule has 2 aromatic carbocycles. The Morgan fingerprint density at radius 2 is 1.85 bits per heavy atom. The first-order chi connectivity index (χ1) is 9.70. The number of hydrogen-bond donors (Lipinski definition) is 1. The van der Waals surface area contributed by atoms with Crippen LogP contribution >= 0.6 is 0 Å². The lowest BCUT2D eigenvalue weighted by Gasteiger charge is -2.15. The molecule has 1 N–H and O–H groups in total. The summed E-state index contributed by atoms with van der Waals surface area (Å²) in [4.78, 5) is 1.75. The molecule has 0 aromatic heterocycles. The van der Waals surface area contributed by atoms with E-state index in [4.69, 9.17) is 5.26 Å². The summed E-state index contributed by atoms with van der Waals surface area (Å²) >= 11 is 0. The van der Waals surface area contributed by atoms with E-state index >= 15 is 0 Å². The molecule has 0 saturated carbocycles. The van der Waals surface area contributed by atoms with E-state index < -0.39 is 6.10 Å². The van der Waals surface area contributed by atoms with E-state index in [1.807, 2.05) is 30.3 Å². The van der Waals surface area contributed by atoms with E-state index in [0.717, 1.165) is 16.7 Å². The zero-order chi connectivity index (χ0) is 14.1. The van der Waals surface area contributed by atoms with Gasteiger partial charge in [0.05, 0.1) is 19.2 Å². The summed E-state index contributed by atoms with van der Waals surface area (Å²) < 4.78 is 0. The van der Waals surface area contributed by atoms with Gasteiger partial charge < -0.3 is 10.0 Å². The Morgan fingerprint density at radius 3 is 2.60 bits per heavy atom. The predicted octanol–water partition coefficient (Wildman–Crippen LogP) is 3.20. The molecular formula is C17H16N2O. The molecule has 3 nitrogen and oxygen atoms in total. The van der Waals surface area contributed by atoms with Gasteiger partial charge in [0.1, 0.15) is 0 Å². The lowest BCUT2D eigenvalue weighted by molar-refractivity contribution is 0.200. The Balaban J connectivity index is 2.15. The molecular weight excluding hydrogens is 248 g/mol. The van der Waals surface area contributed by atoms with Crippen molar-refractivity contribution in [2.75, 3.05) is 0 Å². The van der Waals surface area contributed by atoms with Gasteiger partial charge in [-0.3, -0.25) is 0 Å². The molecule has 1 aliphatic heterocycles. The van der Waals surface area contributed by atoms with Crippen molar-refractivity contribution in [3.63, 3.8) is 0 Å². The molecule has 0 aliphatic carbocycles. The molecule has 1 aliphatic rings. The van der Waals surface area contributed by atoms with Gasteiger partial charge in [0.2, 0.25) is 0 Å². The molecule has 0 spiro atoms. The average molecular weight is 264 g/mol. The topological polar surface area (TPSA) is 47.3 Å². The summed E-state index contributed by atoms with van der Waals surface area (Å²) in [6.07, 6.45) is 1.71. The van der Waals surface area contributed by atoms with Crippen molar-refractivity contribution in [2.24, 2.45) is 0 Å². The SMILES string of the molecule is C[C@@H](O)c1ccccc1-c1cccc2c1CN(C#N)C2. The zero-order valence-corrected chi connectivity index (χ0v) is 11.4. The maximum Gasteiger partial charge on any atom is 0.179 e. The summed E-state index contributed by atoms with van der Waals surface area (Å²) in [5, 5.41) is 19.0. The summed E-state index contributed by atoms with van der Waals surface area (Å²) in [6.45, 7) is 3.11. The van der Waals surface area contributed by atoms with Gasteiger partial charge in [-0.05, 0) is 34.7 Å². The molecule has 0 amide bonds. The highest BCUT2D eigenvalue weighted by Crippen LogP contribution is 2.35. The predicted molar refractivity (Wildman–Crippen MR) is 77.4 cm³/mol. The molecule has 1 atom stereocenters. The number of nitrogens with zero attached hydrogens (tertiary/aromatic N) is 2. The van der Waals surface area contributed by atoms with E-state index in [1.165, 1.54) is 11.1 Å². The minimum atomic E-state index is -0.504. The van der Waals surface area contributed by atoms with Crippen molar-refractivity contribution >= 4 is 0 Å². The van der Waals surface area contributed by atoms with Crippen LogP contribution in [0.3, 0.4) is 0 Å². The Bertz CT molecular complexity index is 686. The fourth-order valence-electron chi connectivity index (χ4n) is 2.85. The van der Waals surface area contributed by atoms with Crippen LogP contribution in [0.2, 0.25) is 0 Å². The van der Waals surface area contributed by atoms with Crippen LogP contribution in [0.4, 0.5) is 0 Å². The number of fused-ring (bicyclic) bond motifs is 1. The van der Waals surface area contributed by atoms with E-state index in [1.54, 1.807) is 11.8 Å². The highest BCUT2D eigenvalue weighted by atomic mass is 16.3. The standard InChI is InChI=1S/C17H16N2O/c1-12(20)14-6-2-3-7-15(14)16-8-4-5-13-9-19(11-18)10-17(13)16/h2-8,12,20H,9-10H2,1H3/t12-/m1/s1. The normalized spacial score (nSPS) is 14.8. The second-order valence-corrected chi connectivity index (χ2v) is 5.16. The second kappa shape index (κ2) is 4.99. The highest BCUT2D eigenvalue weighted by molar-refractivity contribution is 5.73. The Labute approximate surface area is 118 Å². The van der Waals surface area contributed by atoms with Crippen molar-refractivity contribution in [2.45, 2.75) is 26.1 Å². The lowest BCUT2D eigenvalue weighted by Crippen LogP contribution is -2.07. The van der Waals surface area contributed by atoms with Gasteiger partial charge in [0.25, 0.3) is 0 Å². The Morgan fingerprint density at radius 1 is 1.10 bits per heavy atom. The molecule has 3 heteroatoms. The highest BCUT2D eigenvalue weighted by Gasteiger charge is 2.22.